The van der Waals surface area contributed by atoms with Gasteiger partial charge in [0.1, 0.15) is 0 Å². The summed E-state index contributed by atoms with van der Waals surface area (Å²) in [7, 11) is 0. The molecule has 0 spiro atoms. The molecule has 2 amide bonds. The number of hydrogen-bond acceptors (Lipinski definition) is 4. The predicted molar refractivity (Wildman–Crippen MR) is 68.2 cm³/mol. The number of benzene rings is 1. The van der Waals surface area contributed by atoms with Crippen LogP contribution in [-0.2, 0) is 4.79 Å². The third kappa shape index (κ3) is 2.57. The zero-order chi connectivity index (χ0) is 12.3. The smallest absolute Gasteiger partial charge is 0.293 e. The molecule has 4 nitrogen and oxygen atoms in total. The standard InChI is InChI=1S/C12H12N2O2S/c13-6-7-14-11(15)10(17-12(14)16)8-9-4-2-1-3-5-9/h1-5,8H,6-7,13H2. The number of carbonyl (C=O) groups is 2. The first-order chi connectivity index (χ1) is 8.22. The number of imide groups is 1. The van der Waals surface area contributed by atoms with E-state index < -0.39 is 0 Å². The van der Waals surface area contributed by atoms with Gasteiger partial charge in [0.15, 0.2) is 0 Å². The topological polar surface area (TPSA) is 63.4 Å². The van der Waals surface area contributed by atoms with Crippen molar-refractivity contribution in [1.82, 2.24) is 4.90 Å². The normalized spacial score (nSPS) is 18.2. The van der Waals surface area contributed by atoms with Crippen molar-refractivity contribution in [3.05, 3.63) is 40.8 Å². The quantitative estimate of drug-likeness (QED) is 0.827. The van der Waals surface area contributed by atoms with Crippen molar-refractivity contribution in [3.8, 4) is 0 Å². The van der Waals surface area contributed by atoms with Gasteiger partial charge in [-0.1, -0.05) is 30.3 Å². The minimum atomic E-state index is -0.255. The molecule has 1 saturated heterocycles. The van der Waals surface area contributed by atoms with Crippen LogP contribution in [0.15, 0.2) is 35.2 Å². The Bertz CT molecular complexity index is 471. The number of nitrogens with two attached hydrogens (primary N) is 1. The van der Waals surface area contributed by atoms with E-state index in [1.807, 2.05) is 30.3 Å². The molecule has 0 saturated carbocycles. The van der Waals surface area contributed by atoms with Crippen molar-refractivity contribution in [2.75, 3.05) is 13.1 Å². The Morgan fingerprint density at radius 3 is 2.59 bits per heavy atom. The van der Waals surface area contributed by atoms with E-state index in [1.165, 1.54) is 4.90 Å². The number of amides is 2. The Morgan fingerprint density at radius 1 is 1.24 bits per heavy atom. The van der Waals surface area contributed by atoms with E-state index in [0.29, 0.717) is 4.91 Å². The maximum Gasteiger partial charge on any atom is 0.293 e. The third-order valence-electron chi connectivity index (χ3n) is 2.32. The molecule has 0 bridgehead atoms. The monoisotopic (exact) mass is 248 g/mol. The SMILES string of the molecule is NCCN1C(=O)SC(=Cc2ccccc2)C1=O. The van der Waals surface area contributed by atoms with Crippen LogP contribution in [0.1, 0.15) is 5.56 Å². The fourth-order valence-corrected chi connectivity index (χ4v) is 2.39. The van der Waals surface area contributed by atoms with Crippen molar-refractivity contribution < 1.29 is 9.59 Å². The number of carbonyl (C=O) groups excluding carboxylic acids is 2. The summed E-state index contributed by atoms with van der Waals surface area (Å²) in [4.78, 5) is 25.1. The summed E-state index contributed by atoms with van der Waals surface area (Å²) in [6.07, 6.45) is 1.72. The average Bonchev–Trinajstić information content (AvgIpc) is 2.59. The van der Waals surface area contributed by atoms with Gasteiger partial charge in [-0.3, -0.25) is 14.5 Å². The molecular weight excluding hydrogens is 236 g/mol. The number of thioether (sulfide) groups is 1. The van der Waals surface area contributed by atoms with E-state index in [1.54, 1.807) is 6.08 Å². The Balaban J connectivity index is 2.22. The molecule has 0 aliphatic carbocycles. The molecule has 1 aromatic rings. The summed E-state index contributed by atoms with van der Waals surface area (Å²) < 4.78 is 0. The third-order valence-corrected chi connectivity index (χ3v) is 3.23. The highest BCUT2D eigenvalue weighted by Gasteiger charge is 2.34. The van der Waals surface area contributed by atoms with Crippen LogP contribution < -0.4 is 5.73 Å². The van der Waals surface area contributed by atoms with E-state index in [-0.39, 0.29) is 24.2 Å². The second kappa shape index (κ2) is 5.16. The lowest BCUT2D eigenvalue weighted by Gasteiger charge is -2.09. The molecule has 1 heterocycles. The summed E-state index contributed by atoms with van der Waals surface area (Å²) in [5, 5.41) is -0.248. The highest BCUT2D eigenvalue weighted by molar-refractivity contribution is 8.18. The molecule has 0 radical (unpaired) electrons. The zero-order valence-electron chi connectivity index (χ0n) is 9.13. The molecule has 2 N–H and O–H groups in total. The van der Waals surface area contributed by atoms with Gasteiger partial charge in [0.05, 0.1) is 4.91 Å². The Labute approximate surface area is 103 Å². The summed E-state index contributed by atoms with van der Waals surface area (Å²) >= 11 is 0.960. The van der Waals surface area contributed by atoms with E-state index in [0.717, 1.165) is 17.3 Å². The molecule has 1 aliphatic rings. The summed E-state index contributed by atoms with van der Waals surface area (Å²) in [5.74, 6) is -0.255. The molecule has 2 rings (SSSR count). The fraction of sp³-hybridized carbons (Fsp3) is 0.167. The van der Waals surface area contributed by atoms with Crippen LogP contribution in [-0.4, -0.2) is 29.1 Å². The van der Waals surface area contributed by atoms with Gasteiger partial charge in [-0.05, 0) is 23.4 Å². The van der Waals surface area contributed by atoms with Crippen molar-refractivity contribution in [3.63, 3.8) is 0 Å². The van der Waals surface area contributed by atoms with E-state index >= 15 is 0 Å². The van der Waals surface area contributed by atoms with Gasteiger partial charge in [0.2, 0.25) is 0 Å². The van der Waals surface area contributed by atoms with Gasteiger partial charge in [-0.25, -0.2) is 0 Å². The Hall–Kier alpha value is -1.59. The fourth-order valence-electron chi connectivity index (χ4n) is 1.52. The van der Waals surface area contributed by atoms with Crippen LogP contribution in [0.5, 0.6) is 0 Å². The molecule has 17 heavy (non-hydrogen) atoms. The minimum absolute atomic E-state index is 0.248. The van der Waals surface area contributed by atoms with Gasteiger partial charge in [0.25, 0.3) is 11.1 Å². The Morgan fingerprint density at radius 2 is 1.94 bits per heavy atom. The molecule has 1 aliphatic heterocycles. The Kier molecular flexibility index (Phi) is 3.61. The predicted octanol–water partition coefficient (Wildman–Crippen LogP) is 1.68. The molecule has 5 heteroatoms. The molecule has 1 fully saturated rings. The van der Waals surface area contributed by atoms with Crippen molar-refractivity contribution >= 4 is 29.0 Å². The minimum Gasteiger partial charge on any atom is -0.329 e. The van der Waals surface area contributed by atoms with Crippen molar-refractivity contribution in [2.45, 2.75) is 0 Å². The van der Waals surface area contributed by atoms with Crippen LogP contribution >= 0.6 is 11.8 Å². The molecule has 88 valence electrons. The van der Waals surface area contributed by atoms with E-state index in [2.05, 4.69) is 0 Å². The molecular formula is C12H12N2O2S. The molecule has 0 aromatic heterocycles. The number of hydrogen-bond donors (Lipinski definition) is 1. The average molecular weight is 248 g/mol. The van der Waals surface area contributed by atoms with Crippen LogP contribution in [0.2, 0.25) is 0 Å². The van der Waals surface area contributed by atoms with Crippen LogP contribution in [0.4, 0.5) is 4.79 Å². The van der Waals surface area contributed by atoms with Gasteiger partial charge in [-0.15, -0.1) is 0 Å². The van der Waals surface area contributed by atoms with E-state index in [4.69, 9.17) is 5.73 Å². The summed E-state index contributed by atoms with van der Waals surface area (Å²) in [5.41, 5.74) is 6.26. The maximum absolute atomic E-state index is 11.9. The lowest BCUT2D eigenvalue weighted by atomic mass is 10.2. The van der Waals surface area contributed by atoms with Crippen LogP contribution in [0.25, 0.3) is 6.08 Å². The van der Waals surface area contributed by atoms with Gasteiger partial charge in [0, 0.05) is 13.1 Å². The van der Waals surface area contributed by atoms with E-state index in [9.17, 15) is 9.59 Å². The molecule has 1 aromatic carbocycles. The zero-order valence-corrected chi connectivity index (χ0v) is 9.94. The lowest BCUT2D eigenvalue weighted by molar-refractivity contribution is -0.122. The number of rotatable bonds is 3. The lowest BCUT2D eigenvalue weighted by Crippen LogP contribution is -2.33. The second-order valence-electron chi connectivity index (χ2n) is 3.53. The highest BCUT2D eigenvalue weighted by Crippen LogP contribution is 2.31. The summed E-state index contributed by atoms with van der Waals surface area (Å²) in [6, 6.07) is 9.44. The van der Waals surface area contributed by atoms with Gasteiger partial charge >= 0.3 is 0 Å². The largest absolute Gasteiger partial charge is 0.329 e. The maximum atomic E-state index is 11.9. The number of nitrogens with zero attached hydrogens (tertiary/aromatic N) is 1. The second-order valence-corrected chi connectivity index (χ2v) is 4.53. The van der Waals surface area contributed by atoms with Crippen molar-refractivity contribution in [1.29, 1.82) is 0 Å². The summed E-state index contributed by atoms with van der Waals surface area (Å²) in [6.45, 7) is 0.563. The first-order valence-corrected chi connectivity index (χ1v) is 6.04. The first kappa shape index (κ1) is 11.9. The van der Waals surface area contributed by atoms with Gasteiger partial charge in [-0.2, -0.15) is 0 Å². The highest BCUT2D eigenvalue weighted by atomic mass is 32.2. The first-order valence-electron chi connectivity index (χ1n) is 5.23. The van der Waals surface area contributed by atoms with Gasteiger partial charge < -0.3 is 5.73 Å². The molecule has 0 unspecified atom stereocenters. The van der Waals surface area contributed by atoms with Crippen molar-refractivity contribution in [2.24, 2.45) is 5.73 Å². The van der Waals surface area contributed by atoms with Crippen LogP contribution in [0, 0.1) is 0 Å². The van der Waals surface area contributed by atoms with Crippen LogP contribution in [0.3, 0.4) is 0 Å². The molecule has 0 atom stereocenters.